The minimum atomic E-state index is -3.81. The van der Waals surface area contributed by atoms with Gasteiger partial charge in [-0.05, 0) is 24.3 Å². The van der Waals surface area contributed by atoms with Crippen molar-refractivity contribution in [3.63, 3.8) is 0 Å². The van der Waals surface area contributed by atoms with E-state index in [2.05, 4.69) is 9.82 Å². The SMILES string of the molecule is COc1ccc(Cl)cc1S(=O)(=O)NCCn1ncccc1=O. The number of nitrogens with zero attached hydrogens (tertiary/aromatic N) is 2. The van der Waals surface area contributed by atoms with Gasteiger partial charge in [0.1, 0.15) is 10.6 Å². The van der Waals surface area contributed by atoms with E-state index in [0.717, 1.165) is 4.68 Å². The highest BCUT2D eigenvalue weighted by Crippen LogP contribution is 2.26. The molecule has 9 heteroatoms. The minimum absolute atomic E-state index is 0.00885. The molecule has 0 saturated carbocycles. The Kier molecular flexibility index (Phi) is 5.17. The Hall–Kier alpha value is -1.90. The lowest BCUT2D eigenvalue weighted by atomic mass is 10.3. The number of sulfonamides is 1. The molecule has 0 fully saturated rings. The van der Waals surface area contributed by atoms with Crippen molar-refractivity contribution in [2.75, 3.05) is 13.7 Å². The van der Waals surface area contributed by atoms with Gasteiger partial charge in [0.25, 0.3) is 5.56 Å². The normalized spacial score (nSPS) is 11.4. The fourth-order valence-electron chi connectivity index (χ4n) is 1.78. The van der Waals surface area contributed by atoms with Crippen LogP contribution in [-0.2, 0) is 16.6 Å². The molecule has 1 aromatic carbocycles. The molecular weight excluding hydrogens is 330 g/mol. The Bertz CT molecular complexity index is 820. The predicted molar refractivity (Wildman–Crippen MR) is 81.7 cm³/mol. The maximum absolute atomic E-state index is 12.3. The van der Waals surface area contributed by atoms with Crippen molar-refractivity contribution in [3.8, 4) is 5.75 Å². The third-order valence-corrected chi connectivity index (χ3v) is 4.53. The van der Waals surface area contributed by atoms with Crippen molar-refractivity contribution >= 4 is 21.6 Å². The van der Waals surface area contributed by atoms with Crippen LogP contribution in [0.2, 0.25) is 5.02 Å². The van der Waals surface area contributed by atoms with E-state index >= 15 is 0 Å². The van der Waals surface area contributed by atoms with Crippen LogP contribution in [0.5, 0.6) is 5.75 Å². The molecule has 0 radical (unpaired) electrons. The lowest BCUT2D eigenvalue weighted by molar-refractivity contribution is 0.402. The van der Waals surface area contributed by atoms with Gasteiger partial charge in [-0.1, -0.05) is 11.6 Å². The third kappa shape index (κ3) is 3.85. The van der Waals surface area contributed by atoms with Gasteiger partial charge in [-0.3, -0.25) is 4.79 Å². The lowest BCUT2D eigenvalue weighted by Crippen LogP contribution is -2.31. The van der Waals surface area contributed by atoms with Gasteiger partial charge in [-0.2, -0.15) is 5.10 Å². The minimum Gasteiger partial charge on any atom is -0.495 e. The molecule has 1 N–H and O–H groups in total. The molecule has 0 aliphatic rings. The molecule has 2 aromatic rings. The van der Waals surface area contributed by atoms with Gasteiger partial charge in [0.2, 0.25) is 10.0 Å². The molecule has 7 nitrogen and oxygen atoms in total. The van der Waals surface area contributed by atoms with Crippen LogP contribution in [0.3, 0.4) is 0 Å². The molecule has 1 aromatic heterocycles. The van der Waals surface area contributed by atoms with Crippen molar-refractivity contribution in [1.82, 2.24) is 14.5 Å². The highest BCUT2D eigenvalue weighted by atomic mass is 35.5. The van der Waals surface area contributed by atoms with E-state index in [1.54, 1.807) is 0 Å². The number of rotatable bonds is 6. The molecule has 0 atom stereocenters. The van der Waals surface area contributed by atoms with E-state index in [-0.39, 0.29) is 34.3 Å². The second-order valence-corrected chi connectivity index (χ2v) is 6.45. The van der Waals surface area contributed by atoms with Crippen molar-refractivity contribution in [3.05, 3.63) is 51.9 Å². The van der Waals surface area contributed by atoms with Crippen LogP contribution in [-0.4, -0.2) is 31.9 Å². The molecule has 0 amide bonds. The van der Waals surface area contributed by atoms with E-state index in [1.165, 1.54) is 43.6 Å². The average Bonchev–Trinajstić information content (AvgIpc) is 2.49. The predicted octanol–water partition coefficient (Wildman–Crippen LogP) is 0.884. The fourth-order valence-corrected chi connectivity index (χ4v) is 3.23. The summed E-state index contributed by atoms with van der Waals surface area (Å²) in [4.78, 5) is 11.4. The van der Waals surface area contributed by atoms with Crippen LogP contribution >= 0.6 is 11.6 Å². The van der Waals surface area contributed by atoms with E-state index in [4.69, 9.17) is 16.3 Å². The van der Waals surface area contributed by atoms with E-state index in [1.807, 2.05) is 0 Å². The molecule has 1 heterocycles. The number of methoxy groups -OCH3 is 1. The van der Waals surface area contributed by atoms with Crippen LogP contribution in [0.25, 0.3) is 0 Å². The van der Waals surface area contributed by atoms with Gasteiger partial charge in [0.05, 0.1) is 13.7 Å². The maximum Gasteiger partial charge on any atom is 0.266 e. The average molecular weight is 344 g/mol. The topological polar surface area (TPSA) is 90.3 Å². The van der Waals surface area contributed by atoms with Crippen LogP contribution in [0.15, 0.2) is 46.2 Å². The summed E-state index contributed by atoms with van der Waals surface area (Å²) >= 11 is 5.83. The van der Waals surface area contributed by atoms with Crippen LogP contribution < -0.4 is 15.0 Å². The molecular formula is C13H14ClN3O4S. The highest BCUT2D eigenvalue weighted by molar-refractivity contribution is 7.89. The first-order valence-electron chi connectivity index (χ1n) is 6.29. The highest BCUT2D eigenvalue weighted by Gasteiger charge is 2.19. The molecule has 22 heavy (non-hydrogen) atoms. The molecule has 0 aliphatic heterocycles. The van der Waals surface area contributed by atoms with Crippen LogP contribution in [0, 0.1) is 0 Å². The van der Waals surface area contributed by atoms with Gasteiger partial charge in [-0.25, -0.2) is 17.8 Å². The zero-order valence-electron chi connectivity index (χ0n) is 11.7. The quantitative estimate of drug-likeness (QED) is 0.841. The lowest BCUT2D eigenvalue weighted by Gasteiger charge is -2.11. The Morgan fingerprint density at radius 1 is 1.36 bits per heavy atom. The summed E-state index contributed by atoms with van der Waals surface area (Å²) in [6.45, 7) is 0.122. The van der Waals surface area contributed by atoms with Gasteiger partial charge < -0.3 is 4.74 Å². The van der Waals surface area contributed by atoms with Gasteiger partial charge >= 0.3 is 0 Å². The molecule has 0 unspecified atom stereocenters. The first-order chi connectivity index (χ1) is 10.4. The summed E-state index contributed by atoms with van der Waals surface area (Å²) in [6.07, 6.45) is 1.45. The molecule has 2 rings (SSSR count). The second kappa shape index (κ2) is 6.91. The first-order valence-corrected chi connectivity index (χ1v) is 8.15. The summed E-state index contributed by atoms with van der Waals surface area (Å²) in [5, 5.41) is 4.12. The van der Waals surface area contributed by atoms with E-state index < -0.39 is 10.0 Å². The molecule has 0 spiro atoms. The summed E-state index contributed by atoms with van der Waals surface area (Å²) in [5.41, 5.74) is -0.304. The number of aromatic nitrogens is 2. The van der Waals surface area contributed by atoms with Crippen LogP contribution in [0.4, 0.5) is 0 Å². The number of nitrogens with one attached hydrogen (secondary N) is 1. The third-order valence-electron chi connectivity index (χ3n) is 2.82. The van der Waals surface area contributed by atoms with Crippen molar-refractivity contribution in [2.45, 2.75) is 11.4 Å². The summed E-state index contributed by atoms with van der Waals surface area (Å²) in [6, 6.07) is 7.17. The Morgan fingerprint density at radius 2 is 2.14 bits per heavy atom. The molecule has 0 bridgehead atoms. The Morgan fingerprint density at radius 3 is 2.82 bits per heavy atom. The van der Waals surface area contributed by atoms with Crippen LogP contribution in [0.1, 0.15) is 0 Å². The number of ether oxygens (including phenoxy) is 1. The standard InChI is InChI=1S/C13H14ClN3O4S/c1-21-11-5-4-10(14)9-12(11)22(19,20)16-7-8-17-13(18)3-2-6-15-17/h2-6,9,16H,7-8H2,1H3. The summed E-state index contributed by atoms with van der Waals surface area (Å²) in [7, 11) is -2.44. The van der Waals surface area contributed by atoms with Crippen molar-refractivity contribution in [2.24, 2.45) is 0 Å². The van der Waals surface area contributed by atoms with E-state index in [9.17, 15) is 13.2 Å². The number of hydrogen-bond donors (Lipinski definition) is 1. The zero-order chi connectivity index (χ0) is 16.2. The van der Waals surface area contributed by atoms with Crippen molar-refractivity contribution < 1.29 is 13.2 Å². The Labute approximate surface area is 132 Å². The second-order valence-electron chi connectivity index (χ2n) is 4.28. The van der Waals surface area contributed by atoms with Gasteiger partial charge in [-0.15, -0.1) is 0 Å². The van der Waals surface area contributed by atoms with Gasteiger partial charge in [0.15, 0.2) is 0 Å². The molecule has 0 aliphatic carbocycles. The van der Waals surface area contributed by atoms with E-state index in [0.29, 0.717) is 0 Å². The fraction of sp³-hybridized carbons (Fsp3) is 0.231. The number of benzene rings is 1. The zero-order valence-corrected chi connectivity index (χ0v) is 13.3. The summed E-state index contributed by atoms with van der Waals surface area (Å²) < 4.78 is 33.1. The van der Waals surface area contributed by atoms with Gasteiger partial charge in [0, 0.05) is 23.8 Å². The number of halogens is 1. The monoisotopic (exact) mass is 343 g/mol. The largest absolute Gasteiger partial charge is 0.495 e. The Balaban J connectivity index is 2.14. The maximum atomic E-state index is 12.3. The summed E-state index contributed by atoms with van der Waals surface area (Å²) in [5.74, 6) is 0.187. The molecule has 0 saturated heterocycles. The molecule has 118 valence electrons. The van der Waals surface area contributed by atoms with Crippen molar-refractivity contribution in [1.29, 1.82) is 0 Å². The first kappa shape index (κ1) is 16.5. The smallest absolute Gasteiger partial charge is 0.266 e. The number of hydrogen-bond acceptors (Lipinski definition) is 5.